The zero-order chi connectivity index (χ0) is 19.5. The van der Waals surface area contributed by atoms with E-state index >= 15 is 0 Å². The molecule has 4 aromatic rings. The van der Waals surface area contributed by atoms with Crippen LogP contribution in [0.3, 0.4) is 0 Å². The van der Waals surface area contributed by atoms with Crippen LogP contribution in [0.1, 0.15) is 11.1 Å². The van der Waals surface area contributed by atoms with Crippen LogP contribution >= 0.6 is 0 Å². The van der Waals surface area contributed by atoms with Gasteiger partial charge in [0.05, 0.1) is 6.61 Å². The van der Waals surface area contributed by atoms with E-state index in [9.17, 15) is 15.3 Å². The lowest BCUT2D eigenvalue weighted by Gasteiger charge is -2.24. The van der Waals surface area contributed by atoms with Crippen molar-refractivity contribution in [3.05, 3.63) is 83.9 Å². The summed E-state index contributed by atoms with van der Waals surface area (Å²) in [7, 11) is 0. The fourth-order valence-corrected chi connectivity index (χ4v) is 3.78. The van der Waals surface area contributed by atoms with E-state index in [2.05, 4.69) is 0 Å². The minimum absolute atomic E-state index is 0.00292. The second kappa shape index (κ2) is 7.89. The van der Waals surface area contributed by atoms with Crippen molar-refractivity contribution in [1.82, 2.24) is 4.90 Å². The highest BCUT2D eigenvalue weighted by atomic mass is 16.3. The molecule has 0 aliphatic heterocycles. The van der Waals surface area contributed by atoms with Crippen molar-refractivity contribution in [3.8, 4) is 11.5 Å². The standard InChI is InChI=1S/C24H23NO3/c26-14-13-25(15-21-19-7-3-1-5-17(19)9-11-23(21)27)16-22-20-8-4-2-6-18(20)10-12-24(22)28/h1-12,26-28H,13-16H2. The van der Waals surface area contributed by atoms with Crippen molar-refractivity contribution in [3.63, 3.8) is 0 Å². The van der Waals surface area contributed by atoms with Gasteiger partial charge < -0.3 is 15.3 Å². The van der Waals surface area contributed by atoms with Gasteiger partial charge in [0.1, 0.15) is 11.5 Å². The predicted molar refractivity (Wildman–Crippen MR) is 112 cm³/mol. The Bertz CT molecular complexity index is 1040. The summed E-state index contributed by atoms with van der Waals surface area (Å²) in [5.74, 6) is 0.479. The van der Waals surface area contributed by atoms with E-state index in [4.69, 9.17) is 0 Å². The molecular formula is C24H23NO3. The highest BCUT2D eigenvalue weighted by molar-refractivity contribution is 5.88. The van der Waals surface area contributed by atoms with Crippen molar-refractivity contribution in [2.75, 3.05) is 13.2 Å². The lowest BCUT2D eigenvalue weighted by molar-refractivity contribution is 0.182. The van der Waals surface area contributed by atoms with E-state index in [-0.39, 0.29) is 18.1 Å². The summed E-state index contributed by atoms with van der Waals surface area (Å²) in [6, 6.07) is 23.1. The fraction of sp³-hybridized carbons (Fsp3) is 0.167. The zero-order valence-electron chi connectivity index (χ0n) is 15.5. The molecule has 0 aliphatic rings. The molecule has 0 unspecified atom stereocenters. The first-order chi connectivity index (χ1) is 13.7. The number of aliphatic hydroxyl groups is 1. The average Bonchev–Trinajstić information content (AvgIpc) is 2.72. The summed E-state index contributed by atoms with van der Waals surface area (Å²) in [5, 5.41) is 34.7. The third-order valence-corrected chi connectivity index (χ3v) is 5.21. The van der Waals surface area contributed by atoms with Crippen LogP contribution in [0.15, 0.2) is 72.8 Å². The van der Waals surface area contributed by atoms with Gasteiger partial charge in [0, 0.05) is 30.8 Å². The van der Waals surface area contributed by atoms with Crippen LogP contribution < -0.4 is 0 Å². The second-order valence-corrected chi connectivity index (χ2v) is 7.00. The van der Waals surface area contributed by atoms with Crippen molar-refractivity contribution >= 4 is 21.5 Å². The maximum Gasteiger partial charge on any atom is 0.120 e. The Morgan fingerprint density at radius 3 is 1.54 bits per heavy atom. The maximum atomic E-state index is 10.5. The molecule has 4 heteroatoms. The molecule has 0 atom stereocenters. The number of aromatic hydroxyl groups is 2. The monoisotopic (exact) mass is 373 g/mol. The molecule has 0 saturated heterocycles. The molecule has 3 N–H and O–H groups in total. The lowest BCUT2D eigenvalue weighted by Crippen LogP contribution is -2.26. The first kappa shape index (κ1) is 18.3. The average molecular weight is 373 g/mol. The number of hydrogen-bond donors (Lipinski definition) is 3. The van der Waals surface area contributed by atoms with E-state index in [1.807, 2.05) is 65.6 Å². The number of rotatable bonds is 6. The zero-order valence-corrected chi connectivity index (χ0v) is 15.5. The molecule has 4 nitrogen and oxygen atoms in total. The van der Waals surface area contributed by atoms with Crippen LogP contribution in [0, 0.1) is 0 Å². The van der Waals surface area contributed by atoms with Crippen LogP contribution in [-0.4, -0.2) is 33.4 Å². The van der Waals surface area contributed by atoms with Gasteiger partial charge in [0.15, 0.2) is 0 Å². The molecule has 0 spiro atoms. The Labute approximate surface area is 163 Å². The summed E-state index contributed by atoms with van der Waals surface area (Å²) in [5.41, 5.74) is 1.65. The minimum atomic E-state index is -0.00292. The summed E-state index contributed by atoms with van der Waals surface area (Å²) in [4.78, 5) is 2.04. The van der Waals surface area contributed by atoms with Gasteiger partial charge in [-0.25, -0.2) is 0 Å². The second-order valence-electron chi connectivity index (χ2n) is 7.00. The molecular weight excluding hydrogens is 350 g/mol. The Balaban J connectivity index is 1.72. The fourth-order valence-electron chi connectivity index (χ4n) is 3.78. The summed E-state index contributed by atoms with van der Waals surface area (Å²) >= 11 is 0. The topological polar surface area (TPSA) is 63.9 Å². The molecule has 0 amide bonds. The van der Waals surface area contributed by atoms with Gasteiger partial charge in [-0.15, -0.1) is 0 Å². The van der Waals surface area contributed by atoms with Gasteiger partial charge in [0.25, 0.3) is 0 Å². The van der Waals surface area contributed by atoms with Crippen LogP contribution in [0.4, 0.5) is 0 Å². The highest BCUT2D eigenvalue weighted by Crippen LogP contribution is 2.31. The predicted octanol–water partition coefficient (Wildman–Crippen LogP) is 4.40. The molecule has 142 valence electrons. The Kier molecular flexibility index (Phi) is 5.15. The molecule has 0 heterocycles. The first-order valence-corrected chi connectivity index (χ1v) is 9.40. The van der Waals surface area contributed by atoms with Crippen molar-refractivity contribution in [2.24, 2.45) is 0 Å². The molecule has 4 rings (SSSR count). The van der Waals surface area contributed by atoms with Gasteiger partial charge in [0.2, 0.25) is 0 Å². The van der Waals surface area contributed by atoms with Crippen LogP contribution in [0.25, 0.3) is 21.5 Å². The van der Waals surface area contributed by atoms with Gasteiger partial charge in [-0.1, -0.05) is 60.7 Å². The summed E-state index contributed by atoms with van der Waals surface area (Å²) < 4.78 is 0. The number of hydrogen-bond acceptors (Lipinski definition) is 4. The first-order valence-electron chi connectivity index (χ1n) is 9.40. The maximum absolute atomic E-state index is 10.5. The molecule has 28 heavy (non-hydrogen) atoms. The minimum Gasteiger partial charge on any atom is -0.508 e. The van der Waals surface area contributed by atoms with Gasteiger partial charge in [-0.2, -0.15) is 0 Å². The van der Waals surface area contributed by atoms with Crippen molar-refractivity contribution < 1.29 is 15.3 Å². The Morgan fingerprint density at radius 2 is 1.07 bits per heavy atom. The molecule has 0 aromatic heterocycles. The largest absolute Gasteiger partial charge is 0.508 e. The van der Waals surface area contributed by atoms with Gasteiger partial charge in [-0.3, -0.25) is 4.90 Å². The molecule has 0 fully saturated rings. The van der Waals surface area contributed by atoms with Gasteiger partial charge >= 0.3 is 0 Å². The molecule has 4 aromatic carbocycles. The highest BCUT2D eigenvalue weighted by Gasteiger charge is 2.16. The summed E-state index contributed by atoms with van der Waals surface area (Å²) in [6.07, 6.45) is 0. The quantitative estimate of drug-likeness (QED) is 0.469. The van der Waals surface area contributed by atoms with Crippen molar-refractivity contribution in [2.45, 2.75) is 13.1 Å². The van der Waals surface area contributed by atoms with E-state index in [1.54, 1.807) is 12.1 Å². The Hall–Kier alpha value is -3.08. The van der Waals surface area contributed by atoms with E-state index in [0.29, 0.717) is 19.6 Å². The van der Waals surface area contributed by atoms with Gasteiger partial charge in [-0.05, 0) is 33.7 Å². The SMILES string of the molecule is OCCN(Cc1c(O)ccc2ccccc12)Cc1c(O)ccc2ccccc12. The number of phenols is 2. The normalized spacial score (nSPS) is 11.5. The number of benzene rings is 4. The Morgan fingerprint density at radius 1 is 0.607 bits per heavy atom. The summed E-state index contributed by atoms with van der Waals surface area (Å²) in [6.45, 7) is 1.37. The van der Waals surface area contributed by atoms with Crippen LogP contribution in [0.2, 0.25) is 0 Å². The number of phenolic OH excluding ortho intramolecular Hbond substituents is 2. The van der Waals surface area contributed by atoms with Crippen LogP contribution in [-0.2, 0) is 13.1 Å². The molecule has 0 radical (unpaired) electrons. The smallest absolute Gasteiger partial charge is 0.120 e. The van der Waals surface area contributed by atoms with Crippen LogP contribution in [0.5, 0.6) is 11.5 Å². The van der Waals surface area contributed by atoms with Crippen molar-refractivity contribution in [1.29, 1.82) is 0 Å². The van der Waals surface area contributed by atoms with E-state index in [1.165, 1.54) is 0 Å². The number of nitrogens with zero attached hydrogens (tertiary/aromatic N) is 1. The third-order valence-electron chi connectivity index (χ3n) is 5.21. The molecule has 0 aliphatic carbocycles. The third kappa shape index (κ3) is 3.52. The number of aliphatic hydroxyl groups excluding tert-OH is 1. The number of fused-ring (bicyclic) bond motifs is 2. The van der Waals surface area contributed by atoms with E-state index < -0.39 is 0 Å². The van der Waals surface area contributed by atoms with E-state index in [0.717, 1.165) is 32.7 Å². The molecule has 0 saturated carbocycles. The molecule has 0 bridgehead atoms. The lowest BCUT2D eigenvalue weighted by atomic mass is 10.0.